The number of nitrogens with one attached hydrogen (secondary N) is 1. The number of nitrogens with zero attached hydrogens (tertiary/aromatic N) is 2. The fraction of sp³-hybridized carbons (Fsp3) is 0.286. The average molecular weight is 365 g/mol. The number of rotatable bonds is 9. The molecule has 6 nitrogen and oxygen atoms in total. The van der Waals surface area contributed by atoms with E-state index in [1.165, 1.54) is 0 Å². The Kier molecular flexibility index (Phi) is 6.57. The third-order valence-corrected chi connectivity index (χ3v) is 4.02. The third-order valence-electron chi connectivity index (χ3n) is 4.02. The zero-order valence-electron chi connectivity index (χ0n) is 15.3. The van der Waals surface area contributed by atoms with Crippen molar-refractivity contribution in [3.05, 3.63) is 78.0 Å². The quantitative estimate of drug-likeness (QED) is 0.586. The van der Waals surface area contributed by atoms with Gasteiger partial charge in [0, 0.05) is 19.8 Å². The lowest BCUT2D eigenvalue weighted by molar-refractivity contribution is -0.122. The van der Waals surface area contributed by atoms with Gasteiger partial charge in [-0.05, 0) is 24.1 Å². The molecule has 0 saturated heterocycles. The predicted molar refractivity (Wildman–Crippen MR) is 101 cm³/mol. The number of aryl methyl sites for hydroxylation is 1. The van der Waals surface area contributed by atoms with Gasteiger partial charge < -0.3 is 14.5 Å². The number of hydrogen-bond acceptors (Lipinski definition) is 5. The minimum Gasteiger partial charge on any atom is -0.494 e. The number of hydrogen-bond donors (Lipinski definition) is 1. The van der Waals surface area contributed by atoms with Crippen molar-refractivity contribution in [1.29, 1.82) is 0 Å². The molecule has 1 heterocycles. The highest BCUT2D eigenvalue weighted by Gasteiger charge is 2.20. The lowest BCUT2D eigenvalue weighted by Crippen LogP contribution is -2.30. The number of ether oxygens (including phenoxy) is 1. The van der Waals surface area contributed by atoms with Crippen LogP contribution in [0, 0.1) is 6.92 Å². The summed E-state index contributed by atoms with van der Waals surface area (Å²) < 4.78 is 11.2. The van der Waals surface area contributed by atoms with E-state index in [2.05, 4.69) is 15.5 Å². The summed E-state index contributed by atoms with van der Waals surface area (Å²) in [6.07, 6.45) is 1.58. The summed E-state index contributed by atoms with van der Waals surface area (Å²) in [7, 11) is 0. The van der Waals surface area contributed by atoms with Crippen LogP contribution in [0.5, 0.6) is 5.75 Å². The summed E-state index contributed by atoms with van der Waals surface area (Å²) in [6.45, 7) is 2.22. The standard InChI is InChI=1S/C21H23N3O3/c1-16-23-24-21(27-16)19(15-17-9-4-2-5-10-17)22-20(25)13-8-14-26-18-11-6-3-7-12-18/h2-7,9-12,19H,8,13-15H2,1H3,(H,22,25). The molecule has 1 unspecified atom stereocenters. The summed E-state index contributed by atoms with van der Waals surface area (Å²) in [5.41, 5.74) is 1.09. The van der Waals surface area contributed by atoms with E-state index in [4.69, 9.17) is 9.15 Å². The van der Waals surface area contributed by atoms with Gasteiger partial charge in [0.1, 0.15) is 11.8 Å². The van der Waals surface area contributed by atoms with Gasteiger partial charge in [-0.1, -0.05) is 48.5 Å². The van der Waals surface area contributed by atoms with Crippen molar-refractivity contribution in [2.24, 2.45) is 0 Å². The minimum atomic E-state index is -0.351. The van der Waals surface area contributed by atoms with Gasteiger partial charge >= 0.3 is 0 Å². The summed E-state index contributed by atoms with van der Waals surface area (Å²) in [4.78, 5) is 12.4. The van der Waals surface area contributed by atoms with E-state index >= 15 is 0 Å². The Morgan fingerprint density at radius 3 is 2.44 bits per heavy atom. The Labute approximate surface area is 158 Å². The van der Waals surface area contributed by atoms with E-state index in [-0.39, 0.29) is 11.9 Å². The summed E-state index contributed by atoms with van der Waals surface area (Å²) in [6, 6.07) is 19.1. The van der Waals surface area contributed by atoms with E-state index in [9.17, 15) is 4.79 Å². The summed E-state index contributed by atoms with van der Waals surface area (Å²) in [5.74, 6) is 1.64. The molecule has 6 heteroatoms. The van der Waals surface area contributed by atoms with Crippen LogP contribution in [-0.4, -0.2) is 22.7 Å². The SMILES string of the molecule is Cc1nnc(C(Cc2ccccc2)NC(=O)CCCOc2ccccc2)o1. The zero-order valence-corrected chi connectivity index (χ0v) is 15.3. The average Bonchev–Trinajstić information content (AvgIpc) is 3.13. The van der Waals surface area contributed by atoms with Gasteiger partial charge in [-0.25, -0.2) is 0 Å². The Morgan fingerprint density at radius 1 is 1.07 bits per heavy atom. The van der Waals surface area contributed by atoms with Gasteiger partial charge in [0.05, 0.1) is 6.61 Å². The normalized spacial score (nSPS) is 11.7. The molecule has 1 atom stereocenters. The van der Waals surface area contributed by atoms with E-state index < -0.39 is 0 Å². The topological polar surface area (TPSA) is 77.2 Å². The van der Waals surface area contributed by atoms with Crippen molar-refractivity contribution in [2.45, 2.75) is 32.2 Å². The highest BCUT2D eigenvalue weighted by molar-refractivity contribution is 5.76. The molecule has 0 radical (unpaired) electrons. The Bertz CT molecular complexity index is 834. The molecule has 0 fully saturated rings. The van der Waals surface area contributed by atoms with Gasteiger partial charge in [-0.15, -0.1) is 10.2 Å². The molecule has 0 aliphatic rings. The van der Waals surface area contributed by atoms with Crippen LogP contribution >= 0.6 is 0 Å². The molecule has 140 valence electrons. The number of benzene rings is 2. The summed E-state index contributed by atoms with van der Waals surface area (Å²) in [5, 5.41) is 11.0. The fourth-order valence-corrected chi connectivity index (χ4v) is 2.71. The molecule has 3 aromatic rings. The first-order valence-corrected chi connectivity index (χ1v) is 9.02. The molecule has 27 heavy (non-hydrogen) atoms. The van der Waals surface area contributed by atoms with Crippen LogP contribution in [0.25, 0.3) is 0 Å². The van der Waals surface area contributed by atoms with Gasteiger partial charge in [-0.2, -0.15) is 0 Å². The molecule has 0 saturated carbocycles. The first-order chi connectivity index (χ1) is 13.2. The van der Waals surface area contributed by atoms with Crippen molar-refractivity contribution in [2.75, 3.05) is 6.61 Å². The second-order valence-corrected chi connectivity index (χ2v) is 6.23. The first-order valence-electron chi connectivity index (χ1n) is 9.02. The van der Waals surface area contributed by atoms with E-state index in [0.717, 1.165) is 11.3 Å². The number of carbonyl (C=O) groups is 1. The monoisotopic (exact) mass is 365 g/mol. The minimum absolute atomic E-state index is 0.0663. The molecule has 0 aliphatic heterocycles. The molecule has 1 amide bonds. The predicted octanol–water partition coefficient (Wildman–Crippen LogP) is 3.64. The molecular formula is C21H23N3O3. The van der Waals surface area contributed by atoms with Crippen LogP contribution in [0.3, 0.4) is 0 Å². The maximum Gasteiger partial charge on any atom is 0.239 e. The fourth-order valence-electron chi connectivity index (χ4n) is 2.71. The first kappa shape index (κ1) is 18.6. The van der Waals surface area contributed by atoms with Crippen LogP contribution in [0.1, 0.15) is 36.2 Å². The van der Waals surface area contributed by atoms with Crippen molar-refractivity contribution in [3.8, 4) is 5.75 Å². The molecule has 0 bridgehead atoms. The number of amides is 1. The van der Waals surface area contributed by atoms with Gasteiger partial charge in [0.15, 0.2) is 0 Å². The molecule has 3 rings (SSSR count). The second-order valence-electron chi connectivity index (χ2n) is 6.23. The molecule has 2 aromatic carbocycles. The number of para-hydroxylation sites is 1. The number of carbonyl (C=O) groups excluding carboxylic acids is 1. The second kappa shape index (κ2) is 9.52. The molecule has 1 N–H and O–H groups in total. The Balaban J connectivity index is 1.52. The van der Waals surface area contributed by atoms with Crippen molar-refractivity contribution < 1.29 is 13.9 Å². The number of aromatic nitrogens is 2. The lowest BCUT2D eigenvalue weighted by atomic mass is 10.1. The lowest BCUT2D eigenvalue weighted by Gasteiger charge is -2.15. The Hall–Kier alpha value is -3.15. The van der Waals surface area contributed by atoms with Gasteiger partial charge in [0.2, 0.25) is 17.7 Å². The molecular weight excluding hydrogens is 342 g/mol. The largest absolute Gasteiger partial charge is 0.494 e. The van der Waals surface area contributed by atoms with Crippen LogP contribution in [0.4, 0.5) is 0 Å². The maximum atomic E-state index is 12.4. The van der Waals surface area contributed by atoms with E-state index in [1.54, 1.807) is 6.92 Å². The van der Waals surface area contributed by atoms with Crippen molar-refractivity contribution >= 4 is 5.91 Å². The highest BCUT2D eigenvalue weighted by Crippen LogP contribution is 2.18. The van der Waals surface area contributed by atoms with Crippen LogP contribution in [-0.2, 0) is 11.2 Å². The van der Waals surface area contributed by atoms with Crippen molar-refractivity contribution in [1.82, 2.24) is 15.5 Å². The van der Waals surface area contributed by atoms with Crippen LogP contribution in [0.15, 0.2) is 65.1 Å². The van der Waals surface area contributed by atoms with Crippen LogP contribution in [0.2, 0.25) is 0 Å². The zero-order chi connectivity index (χ0) is 18.9. The Morgan fingerprint density at radius 2 is 1.78 bits per heavy atom. The smallest absolute Gasteiger partial charge is 0.239 e. The highest BCUT2D eigenvalue weighted by atomic mass is 16.5. The molecule has 0 aliphatic carbocycles. The maximum absolute atomic E-state index is 12.4. The third kappa shape index (κ3) is 5.95. The van der Waals surface area contributed by atoms with Crippen molar-refractivity contribution in [3.63, 3.8) is 0 Å². The van der Waals surface area contributed by atoms with Crippen LogP contribution < -0.4 is 10.1 Å². The van der Waals surface area contributed by atoms with E-state index in [1.807, 2.05) is 60.7 Å². The van der Waals surface area contributed by atoms with Gasteiger partial charge in [-0.3, -0.25) is 4.79 Å². The molecule has 0 spiro atoms. The molecule has 1 aromatic heterocycles. The summed E-state index contributed by atoms with van der Waals surface area (Å²) >= 11 is 0. The van der Waals surface area contributed by atoms with E-state index in [0.29, 0.717) is 37.7 Å². The van der Waals surface area contributed by atoms with Gasteiger partial charge in [0.25, 0.3) is 0 Å².